The van der Waals surface area contributed by atoms with Gasteiger partial charge in [-0.05, 0) is 5.41 Å². The Kier molecular flexibility index (Phi) is 4.12. The van der Waals surface area contributed by atoms with E-state index in [4.69, 9.17) is 5.73 Å². The minimum absolute atomic E-state index is 0.0627. The van der Waals surface area contributed by atoms with E-state index in [0.717, 1.165) is 5.01 Å². The van der Waals surface area contributed by atoms with Gasteiger partial charge in [0.15, 0.2) is 0 Å². The summed E-state index contributed by atoms with van der Waals surface area (Å²) in [6.45, 7) is 12.0. The lowest BCUT2D eigenvalue weighted by Gasteiger charge is -2.25. The molecule has 0 aliphatic heterocycles. The zero-order valence-corrected chi connectivity index (χ0v) is 12.7. The van der Waals surface area contributed by atoms with Gasteiger partial charge in [-0.3, -0.25) is 10.1 Å². The first-order valence-electron chi connectivity index (χ1n) is 5.92. The molecule has 0 radical (unpaired) electrons. The topological polar surface area (TPSA) is 80.9 Å². The van der Waals surface area contributed by atoms with Crippen LogP contribution in [0.2, 0.25) is 0 Å². The third kappa shape index (κ3) is 3.74. The monoisotopic (exact) mass is 270 g/mol. The molecule has 0 aliphatic rings. The van der Waals surface area contributed by atoms with Crippen LogP contribution in [-0.2, 0) is 10.2 Å². The number of aromatic nitrogens is 2. The third-order valence-electron chi connectivity index (χ3n) is 2.51. The van der Waals surface area contributed by atoms with Gasteiger partial charge >= 0.3 is 0 Å². The Labute approximate surface area is 112 Å². The largest absolute Gasteiger partial charge is 0.319 e. The Bertz CT molecular complexity index is 428. The molecule has 1 aromatic heterocycles. The normalized spacial score (nSPS) is 14.4. The van der Waals surface area contributed by atoms with E-state index < -0.39 is 6.04 Å². The van der Waals surface area contributed by atoms with Gasteiger partial charge in [0.05, 0.1) is 6.04 Å². The lowest BCUT2D eigenvalue weighted by Crippen LogP contribution is -2.45. The molecular weight excluding hydrogens is 248 g/mol. The SMILES string of the molecule is CC(C)(C)c1nnc(NC(=O)[C@@H](N)C(C)(C)C)s1. The minimum atomic E-state index is -0.570. The van der Waals surface area contributed by atoms with Gasteiger partial charge in [-0.15, -0.1) is 10.2 Å². The fraction of sp³-hybridized carbons (Fsp3) is 0.750. The highest BCUT2D eigenvalue weighted by atomic mass is 32.1. The molecule has 0 unspecified atom stereocenters. The Morgan fingerprint density at radius 1 is 1.22 bits per heavy atom. The van der Waals surface area contributed by atoms with Crippen LogP contribution in [0.5, 0.6) is 0 Å². The lowest BCUT2D eigenvalue weighted by molar-refractivity contribution is -0.119. The van der Waals surface area contributed by atoms with Crippen LogP contribution in [0.4, 0.5) is 5.13 Å². The molecule has 3 N–H and O–H groups in total. The fourth-order valence-corrected chi connectivity index (χ4v) is 1.96. The average Bonchev–Trinajstić information content (AvgIpc) is 2.62. The number of hydrogen-bond donors (Lipinski definition) is 2. The quantitative estimate of drug-likeness (QED) is 0.862. The maximum atomic E-state index is 11.9. The fourth-order valence-electron chi connectivity index (χ4n) is 1.15. The van der Waals surface area contributed by atoms with Gasteiger partial charge in [0.2, 0.25) is 11.0 Å². The number of nitrogens with two attached hydrogens (primary N) is 1. The number of carbonyl (C=O) groups excluding carboxylic acids is 1. The molecule has 1 amide bonds. The Balaban J connectivity index is 2.75. The van der Waals surface area contributed by atoms with E-state index in [-0.39, 0.29) is 16.7 Å². The lowest BCUT2D eigenvalue weighted by atomic mass is 9.87. The van der Waals surface area contributed by atoms with Crippen molar-refractivity contribution in [2.45, 2.75) is 53.0 Å². The van der Waals surface area contributed by atoms with Crippen LogP contribution >= 0.6 is 11.3 Å². The molecule has 0 aliphatic carbocycles. The maximum Gasteiger partial charge on any atom is 0.243 e. The van der Waals surface area contributed by atoms with Crippen LogP contribution in [0.15, 0.2) is 0 Å². The minimum Gasteiger partial charge on any atom is -0.319 e. The number of rotatable bonds is 2. The summed E-state index contributed by atoms with van der Waals surface area (Å²) in [5, 5.41) is 12.2. The zero-order valence-electron chi connectivity index (χ0n) is 11.9. The first-order chi connectivity index (χ1) is 8.01. The highest BCUT2D eigenvalue weighted by Gasteiger charge is 2.28. The predicted octanol–water partition coefficient (Wildman–Crippen LogP) is 2.15. The van der Waals surface area contributed by atoms with Crippen molar-refractivity contribution in [3.63, 3.8) is 0 Å². The van der Waals surface area contributed by atoms with Crippen LogP contribution in [0.3, 0.4) is 0 Å². The van der Waals surface area contributed by atoms with Gasteiger partial charge in [-0.25, -0.2) is 0 Å². The summed E-state index contributed by atoms with van der Waals surface area (Å²) in [5.74, 6) is -0.223. The van der Waals surface area contributed by atoms with Crippen molar-refractivity contribution in [1.82, 2.24) is 10.2 Å². The van der Waals surface area contributed by atoms with Gasteiger partial charge < -0.3 is 5.73 Å². The Hall–Kier alpha value is -1.01. The second-order valence-electron chi connectivity index (χ2n) is 6.50. The smallest absolute Gasteiger partial charge is 0.243 e. The molecular formula is C12H22N4OS. The molecule has 18 heavy (non-hydrogen) atoms. The van der Waals surface area contributed by atoms with Crippen molar-refractivity contribution >= 4 is 22.4 Å². The summed E-state index contributed by atoms with van der Waals surface area (Å²) >= 11 is 1.39. The molecule has 1 atom stereocenters. The van der Waals surface area contributed by atoms with Crippen LogP contribution in [0.25, 0.3) is 0 Å². The Morgan fingerprint density at radius 2 is 1.78 bits per heavy atom. The van der Waals surface area contributed by atoms with Gasteiger partial charge in [0, 0.05) is 5.41 Å². The first kappa shape index (κ1) is 15.0. The third-order valence-corrected chi connectivity index (χ3v) is 3.78. The molecule has 1 aromatic rings. The van der Waals surface area contributed by atoms with E-state index >= 15 is 0 Å². The predicted molar refractivity (Wildman–Crippen MR) is 74.7 cm³/mol. The summed E-state index contributed by atoms with van der Waals surface area (Å²) in [4.78, 5) is 11.9. The molecule has 0 spiro atoms. The zero-order chi connectivity index (χ0) is 14.1. The molecule has 6 heteroatoms. The highest BCUT2D eigenvalue weighted by molar-refractivity contribution is 7.15. The highest BCUT2D eigenvalue weighted by Crippen LogP contribution is 2.28. The number of amides is 1. The first-order valence-corrected chi connectivity index (χ1v) is 6.74. The number of hydrogen-bond acceptors (Lipinski definition) is 5. The second-order valence-corrected chi connectivity index (χ2v) is 7.47. The summed E-state index contributed by atoms with van der Waals surface area (Å²) in [6, 6.07) is -0.570. The van der Waals surface area contributed by atoms with Gasteiger partial charge in [0.25, 0.3) is 0 Å². The number of anilines is 1. The number of carbonyl (C=O) groups is 1. The van der Waals surface area contributed by atoms with Crippen LogP contribution in [0, 0.1) is 5.41 Å². The molecule has 5 nitrogen and oxygen atoms in total. The summed E-state index contributed by atoms with van der Waals surface area (Å²) in [6.07, 6.45) is 0. The van der Waals surface area contributed by atoms with E-state index in [0.29, 0.717) is 5.13 Å². The number of nitrogens with zero attached hydrogens (tertiary/aromatic N) is 2. The van der Waals surface area contributed by atoms with E-state index in [2.05, 4.69) is 36.3 Å². The standard InChI is InChI=1S/C12H22N4OS/c1-11(2,3)7(13)8(17)14-10-16-15-9(18-10)12(4,5)6/h7H,13H2,1-6H3,(H,14,16,17)/t7-/m1/s1. The Morgan fingerprint density at radius 3 is 2.17 bits per heavy atom. The summed E-state index contributed by atoms with van der Waals surface area (Å²) < 4.78 is 0. The van der Waals surface area contributed by atoms with Crippen molar-refractivity contribution in [2.24, 2.45) is 11.1 Å². The van der Waals surface area contributed by atoms with Crippen LogP contribution in [-0.4, -0.2) is 22.1 Å². The van der Waals surface area contributed by atoms with E-state index in [1.165, 1.54) is 11.3 Å². The van der Waals surface area contributed by atoms with Crippen LogP contribution in [0.1, 0.15) is 46.6 Å². The van der Waals surface area contributed by atoms with Crippen molar-refractivity contribution in [3.05, 3.63) is 5.01 Å². The van der Waals surface area contributed by atoms with Crippen molar-refractivity contribution < 1.29 is 4.79 Å². The molecule has 0 fully saturated rings. The van der Waals surface area contributed by atoms with E-state index in [9.17, 15) is 4.79 Å². The molecule has 0 saturated carbocycles. The van der Waals surface area contributed by atoms with E-state index in [1.54, 1.807) is 0 Å². The molecule has 1 heterocycles. The second kappa shape index (κ2) is 4.93. The van der Waals surface area contributed by atoms with Gasteiger partial charge in [-0.2, -0.15) is 0 Å². The van der Waals surface area contributed by atoms with E-state index in [1.807, 2.05) is 20.8 Å². The molecule has 102 valence electrons. The molecule has 1 rings (SSSR count). The molecule has 0 bridgehead atoms. The summed E-state index contributed by atoms with van der Waals surface area (Å²) in [7, 11) is 0. The average molecular weight is 270 g/mol. The van der Waals surface area contributed by atoms with Gasteiger partial charge in [-0.1, -0.05) is 52.9 Å². The van der Waals surface area contributed by atoms with Crippen molar-refractivity contribution in [1.29, 1.82) is 0 Å². The summed E-state index contributed by atoms with van der Waals surface area (Å²) in [5.41, 5.74) is 5.54. The van der Waals surface area contributed by atoms with Gasteiger partial charge in [0.1, 0.15) is 5.01 Å². The van der Waals surface area contributed by atoms with Crippen molar-refractivity contribution in [2.75, 3.05) is 5.32 Å². The molecule has 0 aromatic carbocycles. The number of nitrogens with one attached hydrogen (secondary N) is 1. The maximum absolute atomic E-state index is 11.9. The van der Waals surface area contributed by atoms with Crippen LogP contribution < -0.4 is 11.1 Å². The van der Waals surface area contributed by atoms with Crippen molar-refractivity contribution in [3.8, 4) is 0 Å². The molecule has 0 saturated heterocycles.